The number of anilines is 1. The normalized spacial score (nSPS) is 14.5. The Balaban J connectivity index is 2.03. The molecule has 1 aromatic heterocycles. The summed E-state index contributed by atoms with van der Waals surface area (Å²) in [5.74, 6) is -0.0808. The first-order valence-electron chi connectivity index (χ1n) is 10.4. The summed E-state index contributed by atoms with van der Waals surface area (Å²) in [5.41, 5.74) is 5.27. The highest BCUT2D eigenvalue weighted by atomic mass is 16.5. The average Bonchev–Trinajstić information content (AvgIpc) is 3.32. The minimum Gasteiger partial charge on any atom is -0.493 e. The summed E-state index contributed by atoms with van der Waals surface area (Å²) in [6, 6.07) is 9.33. The maximum Gasteiger partial charge on any atom is 0.340 e. The van der Waals surface area contributed by atoms with Crippen molar-refractivity contribution in [2.45, 2.75) is 19.8 Å². The lowest BCUT2D eigenvalue weighted by atomic mass is 9.87. The molecular weight excluding hydrogens is 424 g/mol. The van der Waals surface area contributed by atoms with Crippen LogP contribution in [0.25, 0.3) is 11.3 Å². The van der Waals surface area contributed by atoms with Gasteiger partial charge in [-0.2, -0.15) is 0 Å². The van der Waals surface area contributed by atoms with Crippen molar-refractivity contribution in [1.29, 1.82) is 0 Å². The summed E-state index contributed by atoms with van der Waals surface area (Å²) in [6.45, 7) is 3.74. The van der Waals surface area contributed by atoms with Crippen molar-refractivity contribution in [2.75, 3.05) is 33.8 Å². The molecule has 2 N–H and O–H groups in total. The summed E-state index contributed by atoms with van der Waals surface area (Å²) < 4.78 is 21.6. The van der Waals surface area contributed by atoms with E-state index in [2.05, 4.69) is 10.3 Å². The molecule has 0 saturated heterocycles. The number of nitrogens with one attached hydrogen (secondary N) is 2. The lowest BCUT2D eigenvalue weighted by Gasteiger charge is -2.17. The summed E-state index contributed by atoms with van der Waals surface area (Å²) in [4.78, 5) is 29.3. The number of aromatic amines is 1. The number of esters is 1. The van der Waals surface area contributed by atoms with E-state index in [9.17, 15) is 9.59 Å². The third-order valence-electron chi connectivity index (χ3n) is 5.90. The van der Waals surface area contributed by atoms with Crippen LogP contribution >= 0.6 is 0 Å². The van der Waals surface area contributed by atoms with Gasteiger partial charge in [0, 0.05) is 22.5 Å². The molecule has 1 atom stereocenters. The highest BCUT2D eigenvalue weighted by Crippen LogP contribution is 2.47. The fourth-order valence-corrected chi connectivity index (χ4v) is 4.42. The minimum atomic E-state index is -0.701. The Kier molecular flexibility index (Phi) is 5.76. The minimum absolute atomic E-state index is 0.214. The highest BCUT2D eigenvalue weighted by molar-refractivity contribution is 6.08. The van der Waals surface area contributed by atoms with E-state index >= 15 is 0 Å². The molecule has 172 valence electrons. The molecule has 0 radical (unpaired) electrons. The van der Waals surface area contributed by atoms with Gasteiger partial charge in [-0.05, 0) is 37.6 Å². The zero-order valence-corrected chi connectivity index (χ0v) is 19.4. The number of amides is 1. The average molecular weight is 450 g/mol. The Morgan fingerprint density at radius 3 is 2.18 bits per heavy atom. The smallest absolute Gasteiger partial charge is 0.340 e. The van der Waals surface area contributed by atoms with Crippen molar-refractivity contribution in [3.8, 4) is 28.5 Å². The number of hydrogen-bond acceptors (Lipinski definition) is 6. The molecule has 0 spiro atoms. The second kappa shape index (κ2) is 8.54. The molecule has 8 heteroatoms. The number of hydrogen-bond donors (Lipinski definition) is 2. The standard InChI is InChI=1S/C25H26N2O6/c1-12-7-8-16-15(9-12)20(24(28)27-16)21-19(25(29)33-6)13(2)26-22(21)14-10-17(30-3)23(32-5)18(11-14)31-4/h7-11,20,26H,1-6H3,(H,27,28). The summed E-state index contributed by atoms with van der Waals surface area (Å²) in [6.07, 6.45) is 0. The van der Waals surface area contributed by atoms with Crippen molar-refractivity contribution in [1.82, 2.24) is 4.98 Å². The van der Waals surface area contributed by atoms with Crippen LogP contribution in [-0.2, 0) is 9.53 Å². The third kappa shape index (κ3) is 3.57. The van der Waals surface area contributed by atoms with Crippen molar-refractivity contribution < 1.29 is 28.5 Å². The Hall–Kier alpha value is -3.94. The topological polar surface area (TPSA) is 98.9 Å². The second-order valence-corrected chi connectivity index (χ2v) is 7.83. The molecule has 0 bridgehead atoms. The number of aryl methyl sites for hydroxylation is 2. The first-order valence-corrected chi connectivity index (χ1v) is 10.4. The van der Waals surface area contributed by atoms with E-state index in [0.29, 0.717) is 45.3 Å². The Labute approximate surface area is 191 Å². The fraction of sp³-hybridized carbons (Fsp3) is 0.280. The van der Waals surface area contributed by atoms with Gasteiger partial charge in [-0.25, -0.2) is 4.79 Å². The van der Waals surface area contributed by atoms with Crippen LogP contribution in [0.3, 0.4) is 0 Å². The van der Waals surface area contributed by atoms with E-state index in [-0.39, 0.29) is 5.91 Å². The van der Waals surface area contributed by atoms with Gasteiger partial charge >= 0.3 is 5.97 Å². The number of fused-ring (bicyclic) bond motifs is 1. The van der Waals surface area contributed by atoms with Crippen molar-refractivity contribution in [3.63, 3.8) is 0 Å². The van der Waals surface area contributed by atoms with E-state index in [4.69, 9.17) is 18.9 Å². The largest absolute Gasteiger partial charge is 0.493 e. The van der Waals surface area contributed by atoms with Crippen LogP contribution in [0.5, 0.6) is 17.2 Å². The molecule has 3 aromatic rings. The molecule has 0 saturated carbocycles. The van der Waals surface area contributed by atoms with Crippen LogP contribution in [0.1, 0.15) is 38.7 Å². The molecule has 1 aliphatic rings. The Morgan fingerprint density at radius 2 is 1.61 bits per heavy atom. The fourth-order valence-electron chi connectivity index (χ4n) is 4.42. The molecule has 0 aliphatic carbocycles. The van der Waals surface area contributed by atoms with Gasteiger partial charge in [-0.1, -0.05) is 17.7 Å². The van der Waals surface area contributed by atoms with Gasteiger partial charge < -0.3 is 29.2 Å². The van der Waals surface area contributed by atoms with Crippen molar-refractivity contribution in [2.24, 2.45) is 0 Å². The third-order valence-corrected chi connectivity index (χ3v) is 5.90. The van der Waals surface area contributed by atoms with Crippen LogP contribution in [0.2, 0.25) is 0 Å². The predicted molar refractivity (Wildman–Crippen MR) is 124 cm³/mol. The SMILES string of the molecule is COC(=O)c1c(C)[nH]c(-c2cc(OC)c(OC)c(OC)c2)c1C1C(=O)Nc2ccc(C)cc21. The molecule has 1 amide bonds. The lowest BCUT2D eigenvalue weighted by molar-refractivity contribution is -0.116. The summed E-state index contributed by atoms with van der Waals surface area (Å²) in [5, 5.41) is 2.93. The molecule has 2 heterocycles. The molecule has 2 aromatic carbocycles. The van der Waals surface area contributed by atoms with Gasteiger partial charge in [-0.15, -0.1) is 0 Å². The molecule has 0 fully saturated rings. The second-order valence-electron chi connectivity index (χ2n) is 7.83. The summed E-state index contributed by atoms with van der Waals surface area (Å²) >= 11 is 0. The zero-order chi connectivity index (χ0) is 23.9. The van der Waals surface area contributed by atoms with E-state index < -0.39 is 11.9 Å². The maximum atomic E-state index is 13.2. The number of ether oxygens (including phenoxy) is 4. The van der Waals surface area contributed by atoms with Crippen LogP contribution in [0, 0.1) is 13.8 Å². The summed E-state index contributed by atoms with van der Waals surface area (Å²) in [7, 11) is 5.92. The first kappa shape index (κ1) is 22.3. The lowest BCUT2D eigenvalue weighted by Crippen LogP contribution is -2.17. The van der Waals surface area contributed by atoms with Gasteiger partial charge in [0.05, 0.1) is 45.6 Å². The van der Waals surface area contributed by atoms with Gasteiger partial charge in [-0.3, -0.25) is 4.79 Å². The molecule has 33 heavy (non-hydrogen) atoms. The maximum absolute atomic E-state index is 13.2. The van der Waals surface area contributed by atoms with Crippen LogP contribution < -0.4 is 19.5 Å². The highest BCUT2D eigenvalue weighted by Gasteiger charge is 2.39. The van der Waals surface area contributed by atoms with E-state index in [1.54, 1.807) is 19.1 Å². The van der Waals surface area contributed by atoms with E-state index in [1.807, 2.05) is 25.1 Å². The number of carbonyl (C=O) groups excluding carboxylic acids is 2. The zero-order valence-electron chi connectivity index (χ0n) is 19.4. The van der Waals surface area contributed by atoms with Crippen molar-refractivity contribution >= 4 is 17.6 Å². The van der Waals surface area contributed by atoms with Gasteiger partial charge in [0.2, 0.25) is 11.7 Å². The number of aromatic nitrogens is 1. The number of H-pyrrole nitrogens is 1. The number of rotatable bonds is 6. The molecular formula is C25H26N2O6. The molecule has 1 aliphatic heterocycles. The predicted octanol–water partition coefficient (Wildman–Crippen LogP) is 4.19. The molecule has 8 nitrogen and oxygen atoms in total. The number of methoxy groups -OCH3 is 4. The molecule has 4 rings (SSSR count). The van der Waals surface area contributed by atoms with Crippen LogP contribution in [-0.4, -0.2) is 45.3 Å². The van der Waals surface area contributed by atoms with E-state index in [1.165, 1.54) is 28.4 Å². The Morgan fingerprint density at radius 1 is 0.939 bits per heavy atom. The quantitative estimate of drug-likeness (QED) is 0.547. The van der Waals surface area contributed by atoms with Crippen LogP contribution in [0.15, 0.2) is 30.3 Å². The molecule has 1 unspecified atom stereocenters. The monoisotopic (exact) mass is 450 g/mol. The van der Waals surface area contributed by atoms with Crippen LogP contribution in [0.4, 0.5) is 5.69 Å². The first-order chi connectivity index (χ1) is 15.8. The van der Waals surface area contributed by atoms with Gasteiger partial charge in [0.25, 0.3) is 0 Å². The number of benzene rings is 2. The Bertz CT molecular complexity index is 1240. The number of carbonyl (C=O) groups is 2. The van der Waals surface area contributed by atoms with Gasteiger partial charge in [0.15, 0.2) is 11.5 Å². The van der Waals surface area contributed by atoms with Crippen molar-refractivity contribution in [3.05, 3.63) is 58.3 Å². The van der Waals surface area contributed by atoms with Gasteiger partial charge in [0.1, 0.15) is 0 Å². The van der Waals surface area contributed by atoms with E-state index in [0.717, 1.165) is 16.8 Å².